The van der Waals surface area contributed by atoms with Crippen LogP contribution >= 0.6 is 39.1 Å². The number of rotatable bonds is 4. The van der Waals surface area contributed by atoms with Gasteiger partial charge in [0.05, 0.1) is 17.7 Å². The fraction of sp³-hybridized carbons (Fsp3) is 0.583. The van der Waals surface area contributed by atoms with E-state index < -0.39 is 0 Å². The van der Waals surface area contributed by atoms with Crippen molar-refractivity contribution >= 4 is 44.9 Å². The van der Waals surface area contributed by atoms with Gasteiger partial charge in [0.25, 0.3) is 0 Å². The van der Waals surface area contributed by atoms with E-state index in [1.807, 2.05) is 6.07 Å². The smallest absolute Gasteiger partial charge is 0.147 e. The third-order valence-corrected chi connectivity index (χ3v) is 3.83. The first-order valence-electron chi connectivity index (χ1n) is 5.94. The predicted octanol–water partition coefficient (Wildman–Crippen LogP) is 3.72. The number of halogens is 3. The average molecular weight is 354 g/mol. The lowest BCUT2D eigenvalue weighted by Crippen LogP contribution is -2.37. The van der Waals surface area contributed by atoms with Crippen molar-refractivity contribution in [1.29, 1.82) is 0 Å². The van der Waals surface area contributed by atoms with Gasteiger partial charge in [0.1, 0.15) is 5.82 Å². The average Bonchev–Trinajstić information content (AvgIpc) is 2.37. The van der Waals surface area contributed by atoms with Gasteiger partial charge in [-0.3, -0.25) is 0 Å². The van der Waals surface area contributed by atoms with Crippen LogP contribution in [0.4, 0.5) is 5.82 Å². The lowest BCUT2D eigenvalue weighted by Gasteiger charge is -2.33. The number of anilines is 1. The molecule has 0 N–H and O–H groups in total. The molecular formula is C12H15BrCl2N2O. The first-order valence-corrected chi connectivity index (χ1v) is 7.65. The highest BCUT2D eigenvalue weighted by Crippen LogP contribution is 2.28. The summed E-state index contributed by atoms with van der Waals surface area (Å²) in [6.45, 7) is 2.46. The summed E-state index contributed by atoms with van der Waals surface area (Å²) in [7, 11) is 0. The van der Waals surface area contributed by atoms with E-state index in [1.165, 1.54) is 0 Å². The number of hydrogen-bond donors (Lipinski definition) is 0. The molecule has 0 unspecified atom stereocenters. The molecule has 2 rings (SSSR count). The second kappa shape index (κ2) is 6.94. The number of ether oxygens (including phenoxy) is 1. The van der Waals surface area contributed by atoms with Crippen LogP contribution in [-0.4, -0.2) is 36.7 Å². The molecule has 0 spiro atoms. The first-order chi connectivity index (χ1) is 8.70. The predicted molar refractivity (Wildman–Crippen MR) is 78.9 cm³/mol. The summed E-state index contributed by atoms with van der Waals surface area (Å²) in [6.07, 6.45) is 4.07. The molecule has 0 amide bonds. The summed E-state index contributed by atoms with van der Waals surface area (Å²) in [5, 5.41) is 0.685. The van der Waals surface area contributed by atoms with Gasteiger partial charge in [0.15, 0.2) is 0 Å². The normalized spacial score (nSPS) is 17.2. The van der Waals surface area contributed by atoms with Crippen molar-refractivity contribution in [1.82, 2.24) is 4.98 Å². The van der Waals surface area contributed by atoms with Crippen LogP contribution in [-0.2, 0) is 4.74 Å². The van der Waals surface area contributed by atoms with Gasteiger partial charge >= 0.3 is 0 Å². The minimum Gasteiger partial charge on any atom is -0.377 e. The summed E-state index contributed by atoms with van der Waals surface area (Å²) in [5.41, 5.74) is 0. The molecule has 0 radical (unpaired) electrons. The van der Waals surface area contributed by atoms with Crippen LogP contribution in [0.5, 0.6) is 0 Å². The highest BCUT2D eigenvalue weighted by Gasteiger charge is 2.21. The molecule has 1 aromatic heterocycles. The Morgan fingerprint density at radius 1 is 1.44 bits per heavy atom. The van der Waals surface area contributed by atoms with E-state index >= 15 is 0 Å². The number of alkyl halides is 1. The minimum absolute atomic E-state index is 0.314. The monoisotopic (exact) mass is 352 g/mol. The fourth-order valence-electron chi connectivity index (χ4n) is 2.09. The molecule has 0 atom stereocenters. The molecule has 0 saturated carbocycles. The van der Waals surface area contributed by atoms with E-state index in [1.54, 1.807) is 6.20 Å². The fourth-order valence-corrected chi connectivity index (χ4v) is 2.92. The Labute approximate surface area is 126 Å². The highest BCUT2D eigenvalue weighted by atomic mass is 79.9. The van der Waals surface area contributed by atoms with Gasteiger partial charge in [0, 0.05) is 29.6 Å². The summed E-state index contributed by atoms with van der Waals surface area (Å²) >= 11 is 15.2. The van der Waals surface area contributed by atoms with Crippen LogP contribution in [0, 0.1) is 0 Å². The molecule has 3 nitrogen and oxygen atoms in total. The van der Waals surface area contributed by atoms with Gasteiger partial charge in [-0.2, -0.15) is 0 Å². The molecular weight excluding hydrogens is 339 g/mol. The van der Waals surface area contributed by atoms with Gasteiger partial charge in [-0.1, -0.05) is 11.6 Å². The molecule has 2 heterocycles. The van der Waals surface area contributed by atoms with Crippen molar-refractivity contribution in [2.45, 2.75) is 18.9 Å². The Morgan fingerprint density at radius 3 is 2.78 bits per heavy atom. The van der Waals surface area contributed by atoms with Crippen LogP contribution in [0.3, 0.4) is 0 Å². The Morgan fingerprint density at radius 2 is 2.17 bits per heavy atom. The molecule has 1 saturated heterocycles. The quantitative estimate of drug-likeness (QED) is 0.771. The molecule has 1 aliphatic rings. The van der Waals surface area contributed by atoms with Crippen molar-refractivity contribution in [2.75, 3.05) is 30.5 Å². The topological polar surface area (TPSA) is 25.4 Å². The highest BCUT2D eigenvalue weighted by molar-refractivity contribution is 9.10. The van der Waals surface area contributed by atoms with Crippen molar-refractivity contribution in [3.63, 3.8) is 0 Å². The van der Waals surface area contributed by atoms with E-state index in [2.05, 4.69) is 25.8 Å². The number of pyridine rings is 1. The van der Waals surface area contributed by atoms with Gasteiger partial charge in [0.2, 0.25) is 0 Å². The van der Waals surface area contributed by atoms with Gasteiger partial charge < -0.3 is 9.64 Å². The van der Waals surface area contributed by atoms with E-state index in [4.69, 9.17) is 27.9 Å². The summed E-state index contributed by atoms with van der Waals surface area (Å²) in [4.78, 5) is 6.58. The Hall–Kier alpha value is -0.0300. The Balaban J connectivity index is 1.93. The lowest BCUT2D eigenvalue weighted by molar-refractivity contribution is 0.0471. The maximum atomic E-state index is 6.20. The number of aromatic nitrogens is 1. The SMILES string of the molecule is ClCCOC1CCN(c2ncc(Br)cc2Cl)CC1. The molecule has 0 aliphatic carbocycles. The molecule has 0 bridgehead atoms. The second-order valence-electron chi connectivity index (χ2n) is 4.21. The Bertz CT molecular complexity index is 398. The van der Waals surface area contributed by atoms with Gasteiger partial charge in [-0.25, -0.2) is 4.98 Å². The van der Waals surface area contributed by atoms with Crippen molar-refractivity contribution in [3.05, 3.63) is 21.8 Å². The number of hydrogen-bond acceptors (Lipinski definition) is 3. The third-order valence-electron chi connectivity index (χ3n) is 2.96. The van der Waals surface area contributed by atoms with E-state index in [-0.39, 0.29) is 0 Å². The standard InChI is InChI=1S/C12H15BrCl2N2O/c13-9-7-11(15)12(16-8-9)17-4-1-10(2-5-17)18-6-3-14/h7-8,10H,1-6H2. The number of nitrogens with zero attached hydrogens (tertiary/aromatic N) is 2. The zero-order chi connectivity index (χ0) is 13.0. The summed E-state index contributed by atoms with van der Waals surface area (Å²) in [6, 6.07) is 1.87. The molecule has 18 heavy (non-hydrogen) atoms. The summed E-state index contributed by atoms with van der Waals surface area (Å²) in [5.74, 6) is 1.41. The molecule has 6 heteroatoms. The molecule has 0 aromatic carbocycles. The maximum absolute atomic E-state index is 6.20. The lowest BCUT2D eigenvalue weighted by atomic mass is 10.1. The zero-order valence-electron chi connectivity index (χ0n) is 9.91. The summed E-state index contributed by atoms with van der Waals surface area (Å²) < 4.78 is 6.55. The van der Waals surface area contributed by atoms with Crippen LogP contribution in [0.15, 0.2) is 16.7 Å². The van der Waals surface area contributed by atoms with Gasteiger partial charge in [-0.15, -0.1) is 11.6 Å². The van der Waals surface area contributed by atoms with Crippen LogP contribution < -0.4 is 4.90 Å². The van der Waals surface area contributed by atoms with Crippen LogP contribution in [0.25, 0.3) is 0 Å². The first kappa shape index (κ1) is 14.4. The van der Waals surface area contributed by atoms with E-state index in [9.17, 15) is 0 Å². The van der Waals surface area contributed by atoms with Crippen molar-refractivity contribution < 1.29 is 4.74 Å². The molecule has 1 aliphatic heterocycles. The Kier molecular flexibility index (Phi) is 5.55. The van der Waals surface area contributed by atoms with Crippen LogP contribution in [0.1, 0.15) is 12.8 Å². The van der Waals surface area contributed by atoms with Crippen molar-refractivity contribution in [2.24, 2.45) is 0 Å². The third kappa shape index (κ3) is 3.73. The largest absolute Gasteiger partial charge is 0.377 e. The van der Waals surface area contributed by atoms with Crippen molar-refractivity contribution in [3.8, 4) is 0 Å². The molecule has 100 valence electrons. The van der Waals surface area contributed by atoms with E-state index in [0.717, 1.165) is 36.2 Å². The van der Waals surface area contributed by atoms with E-state index in [0.29, 0.717) is 23.6 Å². The molecule has 1 aromatic rings. The second-order valence-corrected chi connectivity index (χ2v) is 5.91. The van der Waals surface area contributed by atoms with Crippen LogP contribution in [0.2, 0.25) is 5.02 Å². The maximum Gasteiger partial charge on any atom is 0.147 e. The van der Waals surface area contributed by atoms with Gasteiger partial charge in [-0.05, 0) is 34.8 Å². The number of piperidine rings is 1. The zero-order valence-corrected chi connectivity index (χ0v) is 13.0. The molecule has 1 fully saturated rings. The minimum atomic E-state index is 0.314.